The predicted molar refractivity (Wildman–Crippen MR) is 66.1 cm³/mol. The first-order valence-corrected chi connectivity index (χ1v) is 6.27. The average molecular weight is 288 g/mol. The molecule has 0 N–H and O–H groups in total. The number of halogens is 3. The molecule has 1 aromatic rings. The highest BCUT2D eigenvalue weighted by molar-refractivity contribution is 5.78. The summed E-state index contributed by atoms with van der Waals surface area (Å²) >= 11 is 0. The Morgan fingerprint density at radius 1 is 1.45 bits per heavy atom. The number of likely N-dealkylation sites (tertiary alicyclic amines) is 1. The minimum absolute atomic E-state index is 0.00599. The largest absolute Gasteiger partial charge is 0.433 e. The molecule has 0 bridgehead atoms. The fraction of sp³-hybridized carbons (Fsp3) is 0.583. The van der Waals surface area contributed by atoms with Gasteiger partial charge in [0.15, 0.2) is 0 Å². The number of likely N-dealkylation sites (N-methyl/N-ethyl adjacent to an activating group) is 1. The van der Waals surface area contributed by atoms with Gasteiger partial charge in [-0.25, -0.2) is 9.97 Å². The van der Waals surface area contributed by atoms with Crippen molar-refractivity contribution in [1.29, 1.82) is 0 Å². The van der Waals surface area contributed by atoms with Gasteiger partial charge in [-0.15, -0.1) is 0 Å². The number of amides is 1. The summed E-state index contributed by atoms with van der Waals surface area (Å²) < 4.78 is 37.7. The second-order valence-electron chi connectivity index (χ2n) is 4.65. The molecule has 1 amide bonds. The number of alkyl halides is 3. The summed E-state index contributed by atoms with van der Waals surface area (Å²) in [7, 11) is 1.61. The maximum atomic E-state index is 12.6. The zero-order valence-electron chi connectivity index (χ0n) is 11.0. The first-order valence-electron chi connectivity index (χ1n) is 6.27. The standard InChI is InChI=1S/C12H15F3N4O/c1-18(7-8-19-6-2-3-10(19)20)11-16-5-4-9(17-11)12(13,14)15/h4-5H,2-3,6-8H2,1H3. The highest BCUT2D eigenvalue weighted by Gasteiger charge is 2.33. The molecule has 0 aromatic carbocycles. The highest BCUT2D eigenvalue weighted by atomic mass is 19.4. The number of nitrogens with zero attached hydrogens (tertiary/aromatic N) is 4. The van der Waals surface area contributed by atoms with Crippen molar-refractivity contribution in [3.63, 3.8) is 0 Å². The maximum Gasteiger partial charge on any atom is 0.433 e. The lowest BCUT2D eigenvalue weighted by Gasteiger charge is -2.22. The Balaban J connectivity index is 1.98. The van der Waals surface area contributed by atoms with E-state index in [2.05, 4.69) is 9.97 Å². The molecule has 1 saturated heterocycles. The van der Waals surface area contributed by atoms with Gasteiger partial charge in [-0.1, -0.05) is 0 Å². The van der Waals surface area contributed by atoms with Crippen molar-refractivity contribution in [3.05, 3.63) is 18.0 Å². The third-order valence-electron chi connectivity index (χ3n) is 3.15. The van der Waals surface area contributed by atoms with Crippen LogP contribution in [0.3, 0.4) is 0 Å². The average Bonchev–Trinajstić information content (AvgIpc) is 2.81. The number of carbonyl (C=O) groups excluding carboxylic acids is 1. The topological polar surface area (TPSA) is 49.3 Å². The van der Waals surface area contributed by atoms with Crippen molar-refractivity contribution in [2.75, 3.05) is 31.6 Å². The smallest absolute Gasteiger partial charge is 0.342 e. The van der Waals surface area contributed by atoms with E-state index in [4.69, 9.17) is 0 Å². The zero-order chi connectivity index (χ0) is 14.8. The number of carbonyl (C=O) groups is 1. The fourth-order valence-electron chi connectivity index (χ4n) is 2.00. The number of hydrogen-bond donors (Lipinski definition) is 0. The molecule has 0 spiro atoms. The van der Waals surface area contributed by atoms with Crippen LogP contribution < -0.4 is 4.90 Å². The molecule has 20 heavy (non-hydrogen) atoms. The van der Waals surface area contributed by atoms with Gasteiger partial charge in [0, 0.05) is 39.3 Å². The molecule has 1 fully saturated rings. The van der Waals surface area contributed by atoms with E-state index < -0.39 is 11.9 Å². The van der Waals surface area contributed by atoms with E-state index in [9.17, 15) is 18.0 Å². The van der Waals surface area contributed by atoms with Crippen LogP contribution in [0.1, 0.15) is 18.5 Å². The van der Waals surface area contributed by atoms with Gasteiger partial charge in [-0.05, 0) is 12.5 Å². The van der Waals surface area contributed by atoms with Crippen molar-refractivity contribution in [1.82, 2.24) is 14.9 Å². The summed E-state index contributed by atoms with van der Waals surface area (Å²) in [6.07, 6.45) is -2.02. The monoisotopic (exact) mass is 288 g/mol. The molecule has 2 heterocycles. The van der Waals surface area contributed by atoms with Gasteiger partial charge in [0.1, 0.15) is 5.69 Å². The summed E-state index contributed by atoms with van der Waals surface area (Å²) in [4.78, 5) is 22.0. The second-order valence-corrected chi connectivity index (χ2v) is 4.65. The second kappa shape index (κ2) is 5.64. The molecular weight excluding hydrogens is 273 g/mol. The zero-order valence-corrected chi connectivity index (χ0v) is 11.0. The molecular formula is C12H15F3N4O. The van der Waals surface area contributed by atoms with Crippen LogP contribution in [-0.2, 0) is 11.0 Å². The predicted octanol–water partition coefficient (Wildman–Crippen LogP) is 1.55. The van der Waals surface area contributed by atoms with Gasteiger partial charge in [-0.3, -0.25) is 4.79 Å². The Bertz CT molecular complexity index is 492. The molecule has 110 valence electrons. The van der Waals surface area contributed by atoms with E-state index in [1.165, 1.54) is 4.90 Å². The van der Waals surface area contributed by atoms with Crippen LogP contribution in [0, 0.1) is 0 Å². The lowest BCUT2D eigenvalue weighted by Crippen LogP contribution is -2.34. The van der Waals surface area contributed by atoms with Crippen molar-refractivity contribution in [2.45, 2.75) is 19.0 Å². The summed E-state index contributed by atoms with van der Waals surface area (Å²) in [6.45, 7) is 1.57. The van der Waals surface area contributed by atoms with Crippen molar-refractivity contribution < 1.29 is 18.0 Å². The Morgan fingerprint density at radius 2 is 2.20 bits per heavy atom. The Hall–Kier alpha value is -1.86. The molecule has 8 heteroatoms. The van der Waals surface area contributed by atoms with Crippen LogP contribution in [0.2, 0.25) is 0 Å². The minimum atomic E-state index is -4.48. The lowest BCUT2D eigenvalue weighted by molar-refractivity contribution is -0.141. The quantitative estimate of drug-likeness (QED) is 0.843. The van der Waals surface area contributed by atoms with E-state index in [1.807, 2.05) is 0 Å². The number of rotatable bonds is 4. The molecule has 1 aromatic heterocycles. The Morgan fingerprint density at radius 3 is 2.80 bits per heavy atom. The number of hydrogen-bond acceptors (Lipinski definition) is 4. The van der Waals surface area contributed by atoms with Crippen LogP contribution >= 0.6 is 0 Å². The SMILES string of the molecule is CN(CCN1CCCC1=O)c1nccc(C(F)(F)F)n1. The normalized spacial score (nSPS) is 15.8. The first-order chi connectivity index (χ1) is 9.38. The molecule has 1 aliphatic heterocycles. The van der Waals surface area contributed by atoms with E-state index in [0.29, 0.717) is 26.1 Å². The summed E-state index contributed by atoms with van der Waals surface area (Å²) in [5.41, 5.74) is -0.966. The van der Waals surface area contributed by atoms with Crippen molar-refractivity contribution in [3.8, 4) is 0 Å². The fourth-order valence-corrected chi connectivity index (χ4v) is 2.00. The van der Waals surface area contributed by atoms with Crippen LogP contribution in [0.4, 0.5) is 19.1 Å². The van der Waals surface area contributed by atoms with E-state index >= 15 is 0 Å². The summed E-state index contributed by atoms with van der Waals surface area (Å²) in [6, 6.07) is 0.835. The van der Waals surface area contributed by atoms with Crippen LogP contribution in [0.15, 0.2) is 12.3 Å². The molecule has 0 atom stereocenters. The van der Waals surface area contributed by atoms with Gasteiger partial charge in [0.05, 0.1) is 0 Å². The van der Waals surface area contributed by atoms with E-state index in [1.54, 1.807) is 11.9 Å². The molecule has 0 aliphatic carbocycles. The third-order valence-corrected chi connectivity index (χ3v) is 3.15. The molecule has 2 rings (SSSR count). The van der Waals surface area contributed by atoms with E-state index in [-0.39, 0.29) is 11.9 Å². The number of aromatic nitrogens is 2. The molecule has 5 nitrogen and oxygen atoms in total. The van der Waals surface area contributed by atoms with Crippen LogP contribution in [0.25, 0.3) is 0 Å². The molecule has 0 saturated carbocycles. The lowest BCUT2D eigenvalue weighted by atomic mass is 10.4. The number of anilines is 1. The van der Waals surface area contributed by atoms with Crippen LogP contribution in [-0.4, -0.2) is 47.5 Å². The third kappa shape index (κ3) is 3.37. The first kappa shape index (κ1) is 14.5. The Labute approximate surface area is 114 Å². The van der Waals surface area contributed by atoms with Crippen LogP contribution in [0.5, 0.6) is 0 Å². The Kier molecular flexibility index (Phi) is 4.10. The van der Waals surface area contributed by atoms with Gasteiger partial charge in [0.2, 0.25) is 11.9 Å². The molecule has 1 aliphatic rings. The van der Waals surface area contributed by atoms with Gasteiger partial charge < -0.3 is 9.80 Å². The van der Waals surface area contributed by atoms with Gasteiger partial charge >= 0.3 is 6.18 Å². The van der Waals surface area contributed by atoms with Crippen molar-refractivity contribution in [2.24, 2.45) is 0 Å². The highest BCUT2D eigenvalue weighted by Crippen LogP contribution is 2.27. The van der Waals surface area contributed by atoms with Gasteiger partial charge in [-0.2, -0.15) is 13.2 Å². The van der Waals surface area contributed by atoms with Crippen molar-refractivity contribution >= 4 is 11.9 Å². The molecule has 0 unspecified atom stereocenters. The van der Waals surface area contributed by atoms with E-state index in [0.717, 1.165) is 18.7 Å². The maximum absolute atomic E-state index is 12.6. The molecule has 0 radical (unpaired) electrons. The minimum Gasteiger partial charge on any atom is -0.342 e. The summed E-state index contributed by atoms with van der Waals surface area (Å²) in [5.74, 6) is 0.0924. The summed E-state index contributed by atoms with van der Waals surface area (Å²) in [5, 5.41) is 0. The van der Waals surface area contributed by atoms with Gasteiger partial charge in [0.25, 0.3) is 0 Å².